The van der Waals surface area contributed by atoms with E-state index in [4.69, 9.17) is 0 Å². The molecule has 0 aromatic carbocycles. The van der Waals surface area contributed by atoms with Gasteiger partial charge in [-0.3, -0.25) is 0 Å². The Kier molecular flexibility index (Phi) is 10.5. The summed E-state index contributed by atoms with van der Waals surface area (Å²) in [7, 11) is 0. The maximum Gasteiger partial charge on any atom is -0.0417 e. The Morgan fingerprint density at radius 2 is 1.33 bits per heavy atom. The fraction of sp³-hybridized carbons (Fsp3) is 1.00. The molecule has 0 heteroatoms. The van der Waals surface area contributed by atoms with Crippen molar-refractivity contribution in [2.45, 2.75) is 85.5 Å². The van der Waals surface area contributed by atoms with E-state index in [9.17, 15) is 0 Å². The van der Waals surface area contributed by atoms with Gasteiger partial charge in [-0.1, -0.05) is 85.5 Å². The highest BCUT2D eigenvalue weighted by Crippen LogP contribution is 2.19. The van der Waals surface area contributed by atoms with E-state index in [1.807, 2.05) is 0 Å². The first-order valence-corrected chi connectivity index (χ1v) is 7.20. The Morgan fingerprint density at radius 1 is 0.733 bits per heavy atom. The van der Waals surface area contributed by atoms with E-state index in [1.165, 1.54) is 57.8 Å². The molecule has 1 atom stereocenters. The van der Waals surface area contributed by atoms with E-state index in [2.05, 4.69) is 27.7 Å². The Morgan fingerprint density at radius 3 is 1.80 bits per heavy atom. The normalized spacial score (nSPS) is 13.4. The molecule has 0 radical (unpaired) electrons. The van der Waals surface area contributed by atoms with E-state index in [0.717, 1.165) is 11.8 Å². The molecule has 1 unspecified atom stereocenters. The van der Waals surface area contributed by atoms with Crippen molar-refractivity contribution in [3.05, 3.63) is 0 Å². The van der Waals surface area contributed by atoms with Gasteiger partial charge in [-0.25, -0.2) is 0 Å². The first-order valence-electron chi connectivity index (χ1n) is 7.20. The zero-order valence-corrected chi connectivity index (χ0v) is 11.5. The molecule has 92 valence electrons. The summed E-state index contributed by atoms with van der Waals surface area (Å²) in [4.78, 5) is 0. The lowest BCUT2D eigenvalue weighted by Crippen LogP contribution is -1.98. The number of rotatable bonds is 10. The van der Waals surface area contributed by atoms with Gasteiger partial charge in [0.05, 0.1) is 0 Å². The van der Waals surface area contributed by atoms with Crippen molar-refractivity contribution in [2.75, 3.05) is 0 Å². The van der Waals surface area contributed by atoms with Crippen molar-refractivity contribution in [1.29, 1.82) is 0 Å². The van der Waals surface area contributed by atoms with Crippen molar-refractivity contribution in [1.82, 2.24) is 0 Å². The molecule has 0 N–H and O–H groups in total. The number of hydrogen-bond acceptors (Lipinski definition) is 0. The van der Waals surface area contributed by atoms with E-state index in [0.29, 0.717) is 0 Å². The first kappa shape index (κ1) is 15.0. The molecule has 0 bridgehead atoms. The van der Waals surface area contributed by atoms with Gasteiger partial charge in [0.25, 0.3) is 0 Å². The molecule has 0 fully saturated rings. The predicted molar refractivity (Wildman–Crippen MR) is 71.2 cm³/mol. The molecule has 0 saturated carbocycles. The van der Waals surface area contributed by atoms with Crippen LogP contribution in [0.3, 0.4) is 0 Å². The maximum absolute atomic E-state index is 2.35. The molecule has 0 aromatic rings. The van der Waals surface area contributed by atoms with Gasteiger partial charge in [-0.05, 0) is 11.8 Å². The standard InChI is InChI=1S/C15H32/c1-5-11-15(6-2)13-10-8-7-9-12-14(3)4/h14-15H,5-13H2,1-4H3. The monoisotopic (exact) mass is 212 g/mol. The lowest BCUT2D eigenvalue weighted by molar-refractivity contribution is 0.405. The van der Waals surface area contributed by atoms with Crippen molar-refractivity contribution in [3.8, 4) is 0 Å². The van der Waals surface area contributed by atoms with Crippen LogP contribution in [-0.4, -0.2) is 0 Å². The van der Waals surface area contributed by atoms with E-state index in [1.54, 1.807) is 0 Å². The van der Waals surface area contributed by atoms with Crippen LogP contribution < -0.4 is 0 Å². The van der Waals surface area contributed by atoms with Gasteiger partial charge in [-0.2, -0.15) is 0 Å². The Hall–Kier alpha value is 0. The highest BCUT2D eigenvalue weighted by Gasteiger charge is 2.04. The van der Waals surface area contributed by atoms with Crippen LogP contribution in [0, 0.1) is 11.8 Å². The second kappa shape index (κ2) is 10.5. The minimum atomic E-state index is 0.897. The molecule has 0 aliphatic rings. The van der Waals surface area contributed by atoms with Gasteiger partial charge < -0.3 is 0 Å². The van der Waals surface area contributed by atoms with Crippen LogP contribution in [0.4, 0.5) is 0 Å². The van der Waals surface area contributed by atoms with E-state index < -0.39 is 0 Å². The average molecular weight is 212 g/mol. The third-order valence-electron chi connectivity index (χ3n) is 3.42. The van der Waals surface area contributed by atoms with Crippen LogP contribution in [0.5, 0.6) is 0 Å². The first-order chi connectivity index (χ1) is 7.20. The van der Waals surface area contributed by atoms with Crippen LogP contribution >= 0.6 is 0 Å². The predicted octanol–water partition coefficient (Wildman–Crippen LogP) is 5.81. The van der Waals surface area contributed by atoms with E-state index in [-0.39, 0.29) is 0 Å². The lowest BCUT2D eigenvalue weighted by Gasteiger charge is -2.13. The van der Waals surface area contributed by atoms with Crippen molar-refractivity contribution >= 4 is 0 Å². The van der Waals surface area contributed by atoms with Gasteiger partial charge in [0, 0.05) is 0 Å². The van der Waals surface area contributed by atoms with Crippen LogP contribution in [-0.2, 0) is 0 Å². The molecular weight excluding hydrogens is 180 g/mol. The largest absolute Gasteiger partial charge is 0.0654 e. The molecule has 0 amide bonds. The smallest absolute Gasteiger partial charge is 0.0417 e. The molecule has 0 rings (SSSR count). The fourth-order valence-electron chi connectivity index (χ4n) is 2.30. The molecule has 0 heterocycles. The second-order valence-corrected chi connectivity index (χ2v) is 5.45. The van der Waals surface area contributed by atoms with Crippen molar-refractivity contribution in [3.63, 3.8) is 0 Å². The van der Waals surface area contributed by atoms with Gasteiger partial charge in [0.2, 0.25) is 0 Å². The van der Waals surface area contributed by atoms with Crippen LogP contribution in [0.15, 0.2) is 0 Å². The molecule has 0 nitrogen and oxygen atoms in total. The van der Waals surface area contributed by atoms with E-state index >= 15 is 0 Å². The summed E-state index contributed by atoms with van der Waals surface area (Å²) < 4.78 is 0. The Bertz CT molecular complexity index is 115. The third kappa shape index (κ3) is 10.3. The van der Waals surface area contributed by atoms with Crippen molar-refractivity contribution < 1.29 is 0 Å². The molecule has 0 aliphatic carbocycles. The number of hydrogen-bond donors (Lipinski definition) is 0. The summed E-state index contributed by atoms with van der Waals surface area (Å²) in [6.07, 6.45) is 12.9. The molecule has 0 spiro atoms. The molecule has 0 aliphatic heterocycles. The zero-order valence-electron chi connectivity index (χ0n) is 11.5. The average Bonchev–Trinajstić information content (AvgIpc) is 2.21. The summed E-state index contributed by atoms with van der Waals surface area (Å²) in [5, 5.41) is 0. The molecular formula is C15H32. The highest BCUT2D eigenvalue weighted by molar-refractivity contribution is 4.57. The lowest BCUT2D eigenvalue weighted by atomic mass is 9.93. The minimum absolute atomic E-state index is 0.897. The van der Waals surface area contributed by atoms with Gasteiger partial charge >= 0.3 is 0 Å². The summed E-state index contributed by atoms with van der Waals surface area (Å²) in [6.45, 7) is 9.31. The van der Waals surface area contributed by atoms with Crippen molar-refractivity contribution in [2.24, 2.45) is 11.8 Å². The highest BCUT2D eigenvalue weighted by atomic mass is 14.1. The molecule has 0 aromatic heterocycles. The topological polar surface area (TPSA) is 0 Å². The van der Waals surface area contributed by atoms with Gasteiger partial charge in [0.15, 0.2) is 0 Å². The quantitative estimate of drug-likeness (QED) is 0.401. The molecule has 15 heavy (non-hydrogen) atoms. The van der Waals surface area contributed by atoms with Crippen LogP contribution in [0.2, 0.25) is 0 Å². The minimum Gasteiger partial charge on any atom is -0.0654 e. The third-order valence-corrected chi connectivity index (χ3v) is 3.42. The maximum atomic E-state index is 2.35. The zero-order chi connectivity index (χ0) is 11.5. The molecule has 0 saturated heterocycles. The summed E-state index contributed by atoms with van der Waals surface area (Å²) in [5.74, 6) is 1.91. The van der Waals surface area contributed by atoms with Crippen LogP contribution in [0.1, 0.15) is 85.5 Å². The van der Waals surface area contributed by atoms with Gasteiger partial charge in [0.1, 0.15) is 0 Å². The summed E-state index contributed by atoms with van der Waals surface area (Å²) >= 11 is 0. The Labute approximate surface area is 97.8 Å². The fourth-order valence-corrected chi connectivity index (χ4v) is 2.30. The number of unbranched alkanes of at least 4 members (excludes halogenated alkanes) is 3. The SMILES string of the molecule is CCCC(CC)CCCCCCC(C)C. The second-order valence-electron chi connectivity index (χ2n) is 5.45. The Balaban J connectivity index is 3.21. The van der Waals surface area contributed by atoms with Gasteiger partial charge in [-0.15, -0.1) is 0 Å². The summed E-state index contributed by atoms with van der Waals surface area (Å²) in [5.41, 5.74) is 0. The van der Waals surface area contributed by atoms with Crippen LogP contribution in [0.25, 0.3) is 0 Å². The summed E-state index contributed by atoms with van der Waals surface area (Å²) in [6, 6.07) is 0.